The molecule has 0 aromatic carbocycles. The fraction of sp³-hybridized carbons (Fsp3) is 0.556. The summed E-state index contributed by atoms with van der Waals surface area (Å²) in [6.45, 7) is 5.90. The third kappa shape index (κ3) is 4.37. The molecule has 0 radical (unpaired) electrons. The van der Waals surface area contributed by atoms with Gasteiger partial charge in [0.25, 0.3) is 0 Å². The molecule has 0 unspecified atom stereocenters. The van der Waals surface area contributed by atoms with Gasteiger partial charge in [0.05, 0.1) is 18.4 Å². The summed E-state index contributed by atoms with van der Waals surface area (Å²) in [4.78, 5) is 17.3. The maximum absolute atomic E-state index is 4.47. The van der Waals surface area contributed by atoms with Gasteiger partial charge in [-0.1, -0.05) is 6.07 Å². The Bertz CT molecular complexity index is 712. The molecule has 1 aliphatic heterocycles. The van der Waals surface area contributed by atoms with Crippen molar-refractivity contribution in [3.05, 3.63) is 34.3 Å². The highest BCUT2D eigenvalue weighted by atomic mass is 32.1. The van der Waals surface area contributed by atoms with Crippen LogP contribution in [0.2, 0.25) is 0 Å². The molecule has 3 rings (SSSR count). The van der Waals surface area contributed by atoms with Gasteiger partial charge in [0, 0.05) is 65.8 Å². The average Bonchev–Trinajstić information content (AvgIpc) is 3.27. The van der Waals surface area contributed by atoms with E-state index >= 15 is 0 Å². The number of hydrogen-bond acceptors (Lipinski definition) is 5. The van der Waals surface area contributed by atoms with Crippen LogP contribution in [0.5, 0.6) is 0 Å². The Labute approximate surface area is 160 Å². The van der Waals surface area contributed by atoms with Crippen LogP contribution in [0.1, 0.15) is 10.6 Å². The standard InChI is InChI=1S/C18H29N7S/c1-19-17(20-12-15-13-21-18(22(2)3)23(15)4)25-9-7-24(8-10-25)14-16-6-5-11-26-16/h5-6,11,13H,7-10,12,14H2,1-4H3,(H,19,20). The van der Waals surface area contributed by atoms with E-state index in [1.165, 1.54) is 4.88 Å². The van der Waals surface area contributed by atoms with E-state index in [4.69, 9.17) is 0 Å². The van der Waals surface area contributed by atoms with E-state index in [1.54, 1.807) is 0 Å². The molecular weight excluding hydrogens is 346 g/mol. The van der Waals surface area contributed by atoms with E-state index in [0.717, 1.165) is 56.9 Å². The zero-order valence-corrected chi connectivity index (χ0v) is 17.0. The normalized spacial score (nSPS) is 16.2. The number of thiophene rings is 1. The predicted octanol–water partition coefficient (Wildman–Crippen LogP) is 1.44. The van der Waals surface area contributed by atoms with Gasteiger partial charge in [-0.05, 0) is 11.4 Å². The lowest BCUT2D eigenvalue weighted by Gasteiger charge is -2.36. The minimum atomic E-state index is 0.722. The highest BCUT2D eigenvalue weighted by Crippen LogP contribution is 2.14. The van der Waals surface area contributed by atoms with Crippen molar-refractivity contribution in [1.82, 2.24) is 24.7 Å². The smallest absolute Gasteiger partial charge is 0.204 e. The van der Waals surface area contributed by atoms with Gasteiger partial charge in [-0.15, -0.1) is 11.3 Å². The van der Waals surface area contributed by atoms with Gasteiger partial charge in [-0.3, -0.25) is 9.89 Å². The molecule has 142 valence electrons. The number of rotatable bonds is 5. The molecule has 7 nitrogen and oxygen atoms in total. The Morgan fingerprint density at radius 1 is 1.31 bits per heavy atom. The Kier molecular flexibility index (Phi) is 6.16. The second-order valence-electron chi connectivity index (χ2n) is 6.75. The second-order valence-corrected chi connectivity index (χ2v) is 7.78. The molecule has 1 fully saturated rings. The van der Waals surface area contributed by atoms with Gasteiger partial charge in [-0.25, -0.2) is 4.98 Å². The van der Waals surface area contributed by atoms with E-state index in [0.29, 0.717) is 0 Å². The van der Waals surface area contributed by atoms with Crippen LogP contribution in [0.25, 0.3) is 0 Å². The van der Waals surface area contributed by atoms with Crippen molar-refractivity contribution >= 4 is 23.2 Å². The van der Waals surface area contributed by atoms with Crippen molar-refractivity contribution in [3.8, 4) is 0 Å². The number of piperazine rings is 1. The Balaban J connectivity index is 1.51. The number of aliphatic imine (C=N–C) groups is 1. The number of imidazole rings is 1. The largest absolute Gasteiger partial charge is 0.351 e. The zero-order valence-electron chi connectivity index (χ0n) is 16.1. The molecule has 0 saturated carbocycles. The fourth-order valence-electron chi connectivity index (χ4n) is 3.26. The van der Waals surface area contributed by atoms with Gasteiger partial charge in [0.1, 0.15) is 0 Å². The van der Waals surface area contributed by atoms with Crippen LogP contribution in [0.4, 0.5) is 5.95 Å². The van der Waals surface area contributed by atoms with Crippen LogP contribution >= 0.6 is 11.3 Å². The van der Waals surface area contributed by atoms with Crippen molar-refractivity contribution in [3.63, 3.8) is 0 Å². The number of nitrogens with one attached hydrogen (secondary N) is 1. The third-order valence-corrected chi connectivity index (χ3v) is 5.59. The quantitative estimate of drug-likeness (QED) is 0.633. The van der Waals surface area contributed by atoms with Crippen LogP contribution in [0.3, 0.4) is 0 Å². The number of nitrogens with zero attached hydrogens (tertiary/aromatic N) is 6. The first-order chi connectivity index (χ1) is 12.6. The maximum Gasteiger partial charge on any atom is 0.204 e. The summed E-state index contributed by atoms with van der Waals surface area (Å²) in [7, 11) is 7.92. The number of hydrogen-bond donors (Lipinski definition) is 1. The average molecular weight is 376 g/mol. The van der Waals surface area contributed by atoms with Gasteiger partial charge < -0.3 is 19.7 Å². The third-order valence-electron chi connectivity index (χ3n) is 4.73. The van der Waals surface area contributed by atoms with E-state index in [-0.39, 0.29) is 0 Å². The summed E-state index contributed by atoms with van der Waals surface area (Å²) in [5, 5.41) is 5.64. The van der Waals surface area contributed by atoms with E-state index < -0.39 is 0 Å². The molecular formula is C18H29N7S. The lowest BCUT2D eigenvalue weighted by atomic mass is 10.3. The first-order valence-electron chi connectivity index (χ1n) is 8.96. The SMILES string of the molecule is CN=C(NCc1cnc(N(C)C)n1C)N1CCN(Cc2cccs2)CC1. The van der Waals surface area contributed by atoms with Crippen LogP contribution in [0.15, 0.2) is 28.7 Å². The Hall–Kier alpha value is -2.06. The molecule has 2 aromatic rings. The molecule has 1 saturated heterocycles. The monoisotopic (exact) mass is 375 g/mol. The van der Waals surface area contributed by atoms with E-state index in [1.807, 2.05) is 50.6 Å². The topological polar surface area (TPSA) is 51.9 Å². The Morgan fingerprint density at radius 2 is 2.08 bits per heavy atom. The molecule has 8 heteroatoms. The van der Waals surface area contributed by atoms with Crippen molar-refractivity contribution < 1.29 is 0 Å². The van der Waals surface area contributed by atoms with Crippen molar-refractivity contribution in [2.75, 3.05) is 52.2 Å². The van der Waals surface area contributed by atoms with Gasteiger partial charge in [-0.2, -0.15) is 0 Å². The molecule has 1 N–H and O–H groups in total. The summed E-state index contributed by atoms with van der Waals surface area (Å²) >= 11 is 1.84. The van der Waals surface area contributed by atoms with Crippen LogP contribution in [-0.2, 0) is 20.1 Å². The molecule has 26 heavy (non-hydrogen) atoms. The zero-order chi connectivity index (χ0) is 18.5. The molecule has 2 aromatic heterocycles. The number of guanidine groups is 1. The fourth-order valence-corrected chi connectivity index (χ4v) is 4.00. The molecule has 3 heterocycles. The van der Waals surface area contributed by atoms with Gasteiger partial charge in [0.15, 0.2) is 5.96 Å². The van der Waals surface area contributed by atoms with Crippen LogP contribution < -0.4 is 10.2 Å². The first-order valence-corrected chi connectivity index (χ1v) is 9.84. The summed E-state index contributed by atoms with van der Waals surface area (Å²) in [6, 6.07) is 4.34. The van der Waals surface area contributed by atoms with Gasteiger partial charge >= 0.3 is 0 Å². The van der Waals surface area contributed by atoms with Gasteiger partial charge in [0.2, 0.25) is 5.95 Å². The first kappa shape index (κ1) is 18.7. The molecule has 0 spiro atoms. The second kappa shape index (κ2) is 8.55. The molecule has 0 amide bonds. The molecule has 0 atom stereocenters. The lowest BCUT2D eigenvalue weighted by Crippen LogP contribution is -2.52. The number of aromatic nitrogens is 2. The molecule has 1 aliphatic rings. The van der Waals surface area contributed by atoms with Crippen LogP contribution in [0, 0.1) is 0 Å². The predicted molar refractivity (Wildman–Crippen MR) is 109 cm³/mol. The van der Waals surface area contributed by atoms with E-state index in [2.05, 4.69) is 47.2 Å². The van der Waals surface area contributed by atoms with Crippen molar-refractivity contribution in [2.24, 2.45) is 12.0 Å². The number of anilines is 1. The molecule has 0 aliphatic carbocycles. The minimum absolute atomic E-state index is 0.722. The maximum atomic E-state index is 4.47. The van der Waals surface area contributed by atoms with Crippen LogP contribution in [-0.4, -0.2) is 72.6 Å². The van der Waals surface area contributed by atoms with Crippen molar-refractivity contribution in [2.45, 2.75) is 13.1 Å². The summed E-state index contributed by atoms with van der Waals surface area (Å²) in [5.74, 6) is 1.92. The summed E-state index contributed by atoms with van der Waals surface area (Å²) in [6.07, 6.45) is 1.93. The minimum Gasteiger partial charge on any atom is -0.351 e. The highest BCUT2D eigenvalue weighted by molar-refractivity contribution is 7.09. The van der Waals surface area contributed by atoms with Crippen molar-refractivity contribution in [1.29, 1.82) is 0 Å². The molecule has 0 bridgehead atoms. The lowest BCUT2D eigenvalue weighted by molar-refractivity contribution is 0.173. The summed E-state index contributed by atoms with van der Waals surface area (Å²) < 4.78 is 2.11. The van der Waals surface area contributed by atoms with E-state index in [9.17, 15) is 0 Å². The summed E-state index contributed by atoms with van der Waals surface area (Å²) in [5.41, 5.74) is 1.14. The Morgan fingerprint density at radius 3 is 2.65 bits per heavy atom. The highest BCUT2D eigenvalue weighted by Gasteiger charge is 2.20.